The second-order valence-electron chi connectivity index (χ2n) is 7.33. The first-order valence-electron chi connectivity index (χ1n) is 9.96. The van der Waals surface area contributed by atoms with Crippen molar-refractivity contribution < 1.29 is 4.79 Å². The minimum Gasteiger partial charge on any atom is -0.331 e. The number of amides is 1. The first kappa shape index (κ1) is 20.3. The van der Waals surface area contributed by atoms with Crippen molar-refractivity contribution in [2.45, 2.75) is 26.3 Å². The van der Waals surface area contributed by atoms with Gasteiger partial charge in [0.2, 0.25) is 5.91 Å². The monoisotopic (exact) mass is 421 g/mol. The smallest absolute Gasteiger partial charge is 0.331 e. The Morgan fingerprint density at radius 1 is 1.16 bits per heavy atom. The predicted octanol–water partition coefficient (Wildman–Crippen LogP) is 1.41. The number of imidazole rings is 1. The van der Waals surface area contributed by atoms with Crippen LogP contribution in [0.3, 0.4) is 0 Å². The Kier molecular flexibility index (Phi) is 5.28. The quantitative estimate of drug-likeness (QED) is 0.488. The topological polar surface area (TPSA) is 120 Å². The second-order valence-corrected chi connectivity index (χ2v) is 7.33. The van der Waals surface area contributed by atoms with Gasteiger partial charge in [-0.05, 0) is 12.0 Å². The Balaban J connectivity index is 1.66. The zero-order valence-corrected chi connectivity index (χ0v) is 17.5. The third kappa shape index (κ3) is 3.79. The van der Waals surface area contributed by atoms with E-state index in [0.29, 0.717) is 30.3 Å². The molecule has 0 aliphatic heterocycles. The maximum Gasteiger partial charge on any atom is 0.332 e. The second kappa shape index (κ2) is 8.05. The van der Waals surface area contributed by atoms with E-state index in [1.807, 2.05) is 37.3 Å². The molecule has 160 valence electrons. The van der Waals surface area contributed by atoms with Gasteiger partial charge >= 0.3 is 5.69 Å². The molecule has 4 aromatic rings. The highest BCUT2D eigenvalue weighted by atomic mass is 16.2. The number of benzene rings is 1. The zero-order valence-electron chi connectivity index (χ0n) is 17.5. The van der Waals surface area contributed by atoms with Crippen LogP contribution in [-0.4, -0.2) is 34.8 Å². The number of nitrogens with zero attached hydrogens (tertiary/aromatic N) is 5. The van der Waals surface area contributed by atoms with Crippen LogP contribution < -0.4 is 16.6 Å². The van der Waals surface area contributed by atoms with Crippen molar-refractivity contribution in [1.29, 1.82) is 0 Å². The summed E-state index contributed by atoms with van der Waals surface area (Å²) in [6.07, 6.45) is 0.895. The van der Waals surface area contributed by atoms with Gasteiger partial charge in [-0.3, -0.25) is 23.4 Å². The first-order valence-corrected chi connectivity index (χ1v) is 9.96. The van der Waals surface area contributed by atoms with Crippen molar-refractivity contribution in [3.63, 3.8) is 0 Å². The van der Waals surface area contributed by atoms with Crippen molar-refractivity contribution in [2.75, 3.05) is 5.32 Å². The van der Waals surface area contributed by atoms with Crippen LogP contribution in [0.1, 0.15) is 18.9 Å². The summed E-state index contributed by atoms with van der Waals surface area (Å²) in [7, 11) is 3.29. The van der Waals surface area contributed by atoms with E-state index >= 15 is 0 Å². The first-order chi connectivity index (χ1) is 14.9. The average molecular weight is 421 g/mol. The molecule has 0 spiro atoms. The number of hydrogen-bond acceptors (Lipinski definition) is 5. The maximum atomic E-state index is 12.7. The van der Waals surface area contributed by atoms with Crippen molar-refractivity contribution in [3.05, 3.63) is 62.8 Å². The summed E-state index contributed by atoms with van der Waals surface area (Å²) in [4.78, 5) is 45.0. The lowest BCUT2D eigenvalue weighted by molar-refractivity contribution is -0.115. The van der Waals surface area contributed by atoms with E-state index in [9.17, 15) is 14.4 Å². The van der Waals surface area contributed by atoms with E-state index in [0.717, 1.165) is 5.56 Å². The van der Waals surface area contributed by atoms with Crippen LogP contribution in [0.15, 0.2) is 46.0 Å². The molecule has 0 aliphatic carbocycles. The summed E-state index contributed by atoms with van der Waals surface area (Å²) < 4.78 is 4.10. The molecule has 31 heavy (non-hydrogen) atoms. The fraction of sp³-hybridized carbons (Fsp3) is 0.286. The van der Waals surface area contributed by atoms with E-state index in [-0.39, 0.29) is 23.5 Å². The highest BCUT2D eigenvalue weighted by molar-refractivity contribution is 5.92. The number of rotatable bonds is 6. The van der Waals surface area contributed by atoms with Crippen LogP contribution in [0.25, 0.3) is 22.7 Å². The van der Waals surface area contributed by atoms with Crippen LogP contribution in [0.5, 0.6) is 0 Å². The molecule has 0 saturated carbocycles. The standard InChI is InChI=1S/C21H23N7O3/c1-4-10-28-20(30)17-19(26(2)21(28)31)24-18(23-17)14-12-15(25-27(14)3)22-16(29)11-13-8-6-5-7-9-13/h5-9,12H,4,10-11H2,1-3H3,(H,23,24)(H,22,25,29). The Morgan fingerprint density at radius 2 is 1.90 bits per heavy atom. The molecule has 1 aromatic carbocycles. The maximum absolute atomic E-state index is 12.7. The van der Waals surface area contributed by atoms with Gasteiger partial charge in [0.1, 0.15) is 11.2 Å². The number of aromatic nitrogens is 6. The highest BCUT2D eigenvalue weighted by Crippen LogP contribution is 2.21. The Hall–Kier alpha value is -3.95. The minimum absolute atomic E-state index is 0.190. The van der Waals surface area contributed by atoms with Gasteiger partial charge in [0.15, 0.2) is 17.3 Å². The average Bonchev–Trinajstić information content (AvgIpc) is 3.34. The van der Waals surface area contributed by atoms with Gasteiger partial charge in [-0.2, -0.15) is 5.10 Å². The molecule has 4 rings (SSSR count). The normalized spacial score (nSPS) is 11.2. The number of fused-ring (bicyclic) bond motifs is 1. The van der Waals surface area contributed by atoms with Crippen molar-refractivity contribution in [2.24, 2.45) is 14.1 Å². The highest BCUT2D eigenvalue weighted by Gasteiger charge is 2.18. The van der Waals surface area contributed by atoms with E-state index in [4.69, 9.17) is 0 Å². The number of hydrogen-bond donors (Lipinski definition) is 2. The van der Waals surface area contributed by atoms with Crippen LogP contribution >= 0.6 is 0 Å². The van der Waals surface area contributed by atoms with Gasteiger partial charge in [-0.25, -0.2) is 9.78 Å². The van der Waals surface area contributed by atoms with Crippen LogP contribution in [0.4, 0.5) is 5.82 Å². The fourth-order valence-corrected chi connectivity index (χ4v) is 3.51. The molecule has 0 fully saturated rings. The number of aryl methyl sites for hydroxylation is 2. The van der Waals surface area contributed by atoms with E-state index in [1.54, 1.807) is 24.8 Å². The van der Waals surface area contributed by atoms with Gasteiger partial charge in [0.25, 0.3) is 5.56 Å². The molecule has 0 atom stereocenters. The molecule has 1 amide bonds. The molecule has 0 bridgehead atoms. The van der Waals surface area contributed by atoms with Gasteiger partial charge in [0.05, 0.1) is 6.42 Å². The number of H-pyrrole nitrogens is 1. The van der Waals surface area contributed by atoms with Crippen LogP contribution in [-0.2, 0) is 31.9 Å². The van der Waals surface area contributed by atoms with E-state index in [2.05, 4.69) is 20.4 Å². The summed E-state index contributed by atoms with van der Waals surface area (Å²) in [5, 5.41) is 7.10. The number of aromatic amines is 1. The molecule has 0 saturated heterocycles. The van der Waals surface area contributed by atoms with Crippen molar-refractivity contribution in [3.8, 4) is 11.5 Å². The molecule has 3 heterocycles. The minimum atomic E-state index is -0.406. The molecular weight excluding hydrogens is 398 g/mol. The van der Waals surface area contributed by atoms with Gasteiger partial charge in [-0.1, -0.05) is 37.3 Å². The lowest BCUT2D eigenvalue weighted by atomic mass is 10.1. The summed E-state index contributed by atoms with van der Waals surface area (Å²) in [5.74, 6) is 0.566. The van der Waals surface area contributed by atoms with Crippen molar-refractivity contribution >= 4 is 22.9 Å². The molecule has 2 N–H and O–H groups in total. The van der Waals surface area contributed by atoms with E-state index in [1.165, 1.54) is 9.13 Å². The molecule has 0 unspecified atom stereocenters. The Morgan fingerprint density at radius 3 is 2.61 bits per heavy atom. The lowest BCUT2D eigenvalue weighted by Crippen LogP contribution is -2.39. The van der Waals surface area contributed by atoms with Crippen LogP contribution in [0.2, 0.25) is 0 Å². The number of carbonyl (C=O) groups is 1. The molecule has 3 aromatic heterocycles. The molecule has 0 radical (unpaired) electrons. The molecule has 10 nitrogen and oxygen atoms in total. The third-order valence-electron chi connectivity index (χ3n) is 5.02. The van der Waals surface area contributed by atoms with Crippen molar-refractivity contribution in [1.82, 2.24) is 28.9 Å². The van der Waals surface area contributed by atoms with Gasteiger partial charge < -0.3 is 10.3 Å². The third-order valence-corrected chi connectivity index (χ3v) is 5.02. The summed E-state index contributed by atoms with van der Waals surface area (Å²) in [6, 6.07) is 11.1. The lowest BCUT2D eigenvalue weighted by Gasteiger charge is -2.05. The summed E-state index contributed by atoms with van der Waals surface area (Å²) >= 11 is 0. The molecular formula is C21H23N7O3. The summed E-state index contributed by atoms with van der Waals surface area (Å²) in [6.45, 7) is 2.23. The number of anilines is 1. The largest absolute Gasteiger partial charge is 0.332 e. The molecule has 0 aliphatic rings. The number of nitrogens with one attached hydrogen (secondary N) is 2. The zero-order chi connectivity index (χ0) is 22.1. The number of carbonyl (C=O) groups excluding carboxylic acids is 1. The van der Waals surface area contributed by atoms with Gasteiger partial charge in [0, 0.05) is 26.7 Å². The summed E-state index contributed by atoms with van der Waals surface area (Å²) in [5.41, 5.74) is 1.18. The predicted molar refractivity (Wildman–Crippen MR) is 117 cm³/mol. The Bertz CT molecular complexity index is 1380. The van der Waals surface area contributed by atoms with Gasteiger partial charge in [-0.15, -0.1) is 0 Å². The van der Waals surface area contributed by atoms with E-state index < -0.39 is 11.2 Å². The molecule has 10 heteroatoms. The van der Waals surface area contributed by atoms with Crippen LogP contribution in [0, 0.1) is 0 Å². The SMILES string of the molecule is CCCn1c(=O)c2[nH]c(-c3cc(NC(=O)Cc4ccccc4)nn3C)nc2n(C)c1=O. The Labute approximate surface area is 177 Å². The fourth-order valence-electron chi connectivity index (χ4n) is 3.51.